The highest BCUT2D eigenvalue weighted by atomic mass is 19.4. The van der Waals surface area contributed by atoms with Crippen LogP contribution in [0.4, 0.5) is 13.2 Å². The number of carbonyl (C=O) groups excluding carboxylic acids is 1. The molecule has 0 atom stereocenters. The van der Waals surface area contributed by atoms with E-state index in [2.05, 4.69) is 15.0 Å². The van der Waals surface area contributed by atoms with E-state index in [1.54, 1.807) is 6.92 Å². The highest BCUT2D eigenvalue weighted by molar-refractivity contribution is 5.94. The Bertz CT molecular complexity index is 592. The van der Waals surface area contributed by atoms with Gasteiger partial charge in [0.15, 0.2) is 5.69 Å². The van der Waals surface area contributed by atoms with E-state index in [0.717, 1.165) is 22.8 Å². The summed E-state index contributed by atoms with van der Waals surface area (Å²) in [7, 11) is 0. The molecule has 0 amide bonds. The number of pyridine rings is 1. The Kier molecular flexibility index (Phi) is 2.93. The predicted molar refractivity (Wildman–Crippen MR) is 53.9 cm³/mol. The number of hydrogen-bond donors (Lipinski definition) is 0. The summed E-state index contributed by atoms with van der Waals surface area (Å²) in [6, 6.07) is 1.67. The molecule has 0 aliphatic heterocycles. The Morgan fingerprint density at radius 2 is 2.22 bits per heavy atom. The lowest BCUT2D eigenvalue weighted by Gasteiger charge is -2.06. The van der Waals surface area contributed by atoms with Crippen molar-refractivity contribution in [2.45, 2.75) is 13.1 Å². The molecule has 18 heavy (non-hydrogen) atoms. The fourth-order valence-corrected chi connectivity index (χ4v) is 1.41. The lowest BCUT2D eigenvalue weighted by atomic mass is 10.2. The maximum atomic E-state index is 12.5. The minimum absolute atomic E-state index is 0.0386. The number of carbonyl (C=O) groups is 1. The third kappa shape index (κ3) is 2.13. The summed E-state index contributed by atoms with van der Waals surface area (Å²) >= 11 is 0. The molecule has 0 N–H and O–H groups in total. The van der Waals surface area contributed by atoms with Gasteiger partial charge >= 0.3 is 12.1 Å². The van der Waals surface area contributed by atoms with Crippen LogP contribution in [0, 0.1) is 0 Å². The zero-order chi connectivity index (χ0) is 13.3. The second-order valence-electron chi connectivity index (χ2n) is 3.40. The standard InChI is InChI=1S/C10H8F3N3O2/c1-2-18-9(17)8-7-5-6(10(11,12)13)3-4-16(7)15-14-8/h3-5H,2H2,1H3. The molecule has 8 heteroatoms. The number of fused-ring (bicyclic) bond motifs is 1. The molecular weight excluding hydrogens is 251 g/mol. The normalized spacial score (nSPS) is 11.8. The predicted octanol–water partition coefficient (Wildman–Crippen LogP) is 1.92. The van der Waals surface area contributed by atoms with Crippen LogP contribution >= 0.6 is 0 Å². The van der Waals surface area contributed by atoms with Gasteiger partial charge in [0.05, 0.1) is 12.2 Å². The summed E-state index contributed by atoms with van der Waals surface area (Å²) in [5.74, 6) is -0.799. The molecule has 0 aliphatic carbocycles. The molecule has 0 saturated heterocycles. The summed E-state index contributed by atoms with van der Waals surface area (Å²) in [4.78, 5) is 11.5. The third-order valence-corrected chi connectivity index (χ3v) is 2.21. The molecule has 5 nitrogen and oxygen atoms in total. The molecule has 0 aliphatic rings. The first kappa shape index (κ1) is 12.3. The van der Waals surface area contributed by atoms with E-state index in [1.165, 1.54) is 0 Å². The summed E-state index contributed by atoms with van der Waals surface area (Å²) in [5.41, 5.74) is -1.14. The molecule has 0 unspecified atom stereocenters. The third-order valence-electron chi connectivity index (χ3n) is 2.21. The molecule has 2 aromatic rings. The Balaban J connectivity index is 2.53. The molecule has 2 rings (SSSR count). The van der Waals surface area contributed by atoms with Gasteiger partial charge in [-0.1, -0.05) is 5.21 Å². The smallest absolute Gasteiger partial charge is 0.416 e. The average molecular weight is 259 g/mol. The molecular formula is C10H8F3N3O2. The molecule has 2 heterocycles. The highest BCUT2D eigenvalue weighted by Gasteiger charge is 2.31. The number of halogens is 3. The first-order valence-electron chi connectivity index (χ1n) is 5.03. The molecule has 0 spiro atoms. The minimum Gasteiger partial charge on any atom is -0.461 e. The average Bonchev–Trinajstić information content (AvgIpc) is 2.70. The van der Waals surface area contributed by atoms with Crippen LogP contribution in [0.25, 0.3) is 5.52 Å². The second-order valence-corrected chi connectivity index (χ2v) is 3.40. The number of aromatic nitrogens is 3. The Morgan fingerprint density at radius 1 is 1.50 bits per heavy atom. The van der Waals surface area contributed by atoms with Gasteiger partial charge in [0.25, 0.3) is 0 Å². The fourth-order valence-electron chi connectivity index (χ4n) is 1.41. The SMILES string of the molecule is CCOC(=O)c1nnn2ccc(C(F)(F)F)cc12. The number of nitrogens with zero attached hydrogens (tertiary/aromatic N) is 3. The summed E-state index contributed by atoms with van der Waals surface area (Å²) in [6.45, 7) is 1.70. The number of alkyl halides is 3. The van der Waals surface area contributed by atoms with Crippen LogP contribution in [0.3, 0.4) is 0 Å². The zero-order valence-electron chi connectivity index (χ0n) is 9.23. The molecule has 0 bridgehead atoms. The molecule has 0 saturated carbocycles. The molecule has 0 fully saturated rings. The summed E-state index contributed by atoms with van der Waals surface area (Å²) in [6.07, 6.45) is -3.40. The number of esters is 1. The van der Waals surface area contributed by atoms with Crippen LogP contribution in [0.2, 0.25) is 0 Å². The van der Waals surface area contributed by atoms with Crippen LogP contribution in [0.5, 0.6) is 0 Å². The van der Waals surface area contributed by atoms with Crippen molar-refractivity contribution in [2.24, 2.45) is 0 Å². The lowest BCUT2D eigenvalue weighted by Crippen LogP contribution is -2.08. The monoisotopic (exact) mass is 259 g/mol. The van der Waals surface area contributed by atoms with E-state index in [0.29, 0.717) is 0 Å². The molecule has 0 radical (unpaired) electrons. The van der Waals surface area contributed by atoms with E-state index in [-0.39, 0.29) is 17.8 Å². The summed E-state index contributed by atoms with van der Waals surface area (Å²) in [5, 5.41) is 7.05. The van der Waals surface area contributed by atoms with Crippen molar-refractivity contribution >= 4 is 11.5 Å². The van der Waals surface area contributed by atoms with Gasteiger partial charge in [-0.2, -0.15) is 13.2 Å². The van der Waals surface area contributed by atoms with Gasteiger partial charge in [-0.3, -0.25) is 0 Å². The first-order valence-corrected chi connectivity index (χ1v) is 5.03. The minimum atomic E-state index is -4.49. The van der Waals surface area contributed by atoms with Gasteiger partial charge in [-0.05, 0) is 19.1 Å². The van der Waals surface area contributed by atoms with E-state index in [4.69, 9.17) is 0 Å². The van der Waals surface area contributed by atoms with Gasteiger partial charge in [-0.25, -0.2) is 9.31 Å². The topological polar surface area (TPSA) is 56.5 Å². The summed E-state index contributed by atoms with van der Waals surface area (Å²) < 4.78 is 43.4. The van der Waals surface area contributed by atoms with E-state index < -0.39 is 17.7 Å². The number of rotatable bonds is 2. The van der Waals surface area contributed by atoms with Crippen LogP contribution in [0.1, 0.15) is 23.0 Å². The maximum absolute atomic E-state index is 12.5. The largest absolute Gasteiger partial charge is 0.461 e. The van der Waals surface area contributed by atoms with Crippen molar-refractivity contribution in [3.63, 3.8) is 0 Å². The molecule has 0 aromatic carbocycles. The quantitative estimate of drug-likeness (QED) is 0.773. The van der Waals surface area contributed by atoms with Gasteiger partial charge < -0.3 is 4.74 Å². The number of ether oxygens (including phenoxy) is 1. The second kappa shape index (κ2) is 4.28. The Labute approximate surface area is 99.2 Å². The van der Waals surface area contributed by atoms with E-state index in [1.807, 2.05) is 0 Å². The van der Waals surface area contributed by atoms with Crippen molar-refractivity contribution in [3.8, 4) is 0 Å². The van der Waals surface area contributed by atoms with Crippen LogP contribution < -0.4 is 0 Å². The van der Waals surface area contributed by atoms with E-state index >= 15 is 0 Å². The lowest BCUT2D eigenvalue weighted by molar-refractivity contribution is -0.137. The Morgan fingerprint density at radius 3 is 2.83 bits per heavy atom. The zero-order valence-corrected chi connectivity index (χ0v) is 9.23. The van der Waals surface area contributed by atoms with Crippen molar-refractivity contribution < 1.29 is 22.7 Å². The van der Waals surface area contributed by atoms with Gasteiger partial charge in [-0.15, -0.1) is 5.10 Å². The molecule has 2 aromatic heterocycles. The fraction of sp³-hybridized carbons (Fsp3) is 0.300. The van der Waals surface area contributed by atoms with Crippen LogP contribution in [-0.4, -0.2) is 27.4 Å². The van der Waals surface area contributed by atoms with Crippen LogP contribution in [-0.2, 0) is 10.9 Å². The Hall–Kier alpha value is -2.12. The first-order chi connectivity index (χ1) is 8.43. The van der Waals surface area contributed by atoms with E-state index in [9.17, 15) is 18.0 Å². The maximum Gasteiger partial charge on any atom is 0.416 e. The van der Waals surface area contributed by atoms with Gasteiger partial charge in [0.1, 0.15) is 5.52 Å². The molecule has 96 valence electrons. The van der Waals surface area contributed by atoms with Gasteiger partial charge in [0.2, 0.25) is 0 Å². The van der Waals surface area contributed by atoms with Crippen LogP contribution in [0.15, 0.2) is 18.3 Å². The van der Waals surface area contributed by atoms with Crippen molar-refractivity contribution in [1.82, 2.24) is 14.8 Å². The van der Waals surface area contributed by atoms with Crippen molar-refractivity contribution in [1.29, 1.82) is 0 Å². The number of hydrogen-bond acceptors (Lipinski definition) is 4. The van der Waals surface area contributed by atoms with Crippen molar-refractivity contribution in [3.05, 3.63) is 29.6 Å². The highest BCUT2D eigenvalue weighted by Crippen LogP contribution is 2.30. The van der Waals surface area contributed by atoms with Gasteiger partial charge in [0, 0.05) is 6.20 Å². The van der Waals surface area contributed by atoms with Crippen molar-refractivity contribution in [2.75, 3.05) is 6.61 Å².